The maximum Gasteiger partial charge on any atom is 0.277 e. The minimum absolute atomic E-state index is 0.0993. The first-order chi connectivity index (χ1) is 14.5. The van der Waals surface area contributed by atoms with Gasteiger partial charge in [0.2, 0.25) is 0 Å². The maximum atomic E-state index is 12.0. The first-order valence-corrected chi connectivity index (χ1v) is 9.88. The highest BCUT2D eigenvalue weighted by Gasteiger charge is 2.06. The summed E-state index contributed by atoms with van der Waals surface area (Å²) >= 11 is 6.13. The highest BCUT2D eigenvalue weighted by atomic mass is 35.5. The minimum Gasteiger partial charge on any atom is -0.489 e. The van der Waals surface area contributed by atoms with Crippen LogP contribution in [0.3, 0.4) is 0 Å². The lowest BCUT2D eigenvalue weighted by Gasteiger charge is -2.10. The Hall–Kier alpha value is -3.31. The Morgan fingerprint density at radius 1 is 0.967 bits per heavy atom. The van der Waals surface area contributed by atoms with E-state index < -0.39 is 0 Å². The molecular weight excluding hydrogens is 400 g/mol. The highest BCUT2D eigenvalue weighted by molar-refractivity contribution is 6.31. The zero-order chi connectivity index (χ0) is 21.3. The third-order valence-corrected chi connectivity index (χ3v) is 4.76. The number of nitrogens with zero attached hydrogens (tertiary/aromatic N) is 1. The summed E-state index contributed by atoms with van der Waals surface area (Å²) in [6.07, 6.45) is 1.56. The molecule has 0 aliphatic heterocycles. The van der Waals surface area contributed by atoms with E-state index in [0.717, 1.165) is 33.8 Å². The number of hydrogen-bond acceptors (Lipinski definition) is 4. The van der Waals surface area contributed by atoms with Crippen molar-refractivity contribution >= 4 is 23.7 Å². The fourth-order valence-corrected chi connectivity index (χ4v) is 2.99. The summed E-state index contributed by atoms with van der Waals surface area (Å²) in [5.41, 5.74) is 6.20. The van der Waals surface area contributed by atoms with Crippen LogP contribution in [0.5, 0.6) is 11.5 Å². The highest BCUT2D eigenvalue weighted by Crippen LogP contribution is 2.22. The van der Waals surface area contributed by atoms with Crippen LogP contribution in [0.4, 0.5) is 0 Å². The molecule has 5 nitrogen and oxygen atoms in total. The number of hydrazone groups is 1. The van der Waals surface area contributed by atoms with Gasteiger partial charge in [-0.05, 0) is 60.9 Å². The molecule has 0 heterocycles. The van der Waals surface area contributed by atoms with Crippen molar-refractivity contribution < 1.29 is 14.3 Å². The Kier molecular flexibility index (Phi) is 7.46. The number of aryl methyl sites for hydroxylation is 2. The third kappa shape index (κ3) is 6.09. The number of amides is 1. The van der Waals surface area contributed by atoms with E-state index in [9.17, 15) is 4.79 Å². The second kappa shape index (κ2) is 10.5. The van der Waals surface area contributed by atoms with Crippen LogP contribution < -0.4 is 14.9 Å². The molecule has 3 aromatic rings. The molecule has 0 aromatic heterocycles. The number of ether oxygens (including phenoxy) is 2. The van der Waals surface area contributed by atoms with Crippen LogP contribution in [0.1, 0.15) is 22.3 Å². The van der Waals surface area contributed by atoms with Crippen molar-refractivity contribution in [2.75, 3.05) is 6.61 Å². The van der Waals surface area contributed by atoms with Crippen molar-refractivity contribution in [2.45, 2.75) is 20.5 Å². The molecule has 30 heavy (non-hydrogen) atoms. The van der Waals surface area contributed by atoms with E-state index in [-0.39, 0.29) is 12.5 Å². The Morgan fingerprint density at radius 3 is 2.37 bits per heavy atom. The fraction of sp³-hybridized carbons (Fsp3) is 0.167. The number of hydrogen-bond donors (Lipinski definition) is 1. The van der Waals surface area contributed by atoms with Gasteiger partial charge in [-0.25, -0.2) is 5.43 Å². The molecule has 0 aliphatic rings. The van der Waals surface area contributed by atoms with Crippen molar-refractivity contribution in [1.29, 1.82) is 0 Å². The largest absolute Gasteiger partial charge is 0.489 e. The zero-order valence-electron chi connectivity index (χ0n) is 16.9. The van der Waals surface area contributed by atoms with Gasteiger partial charge in [-0.2, -0.15) is 5.10 Å². The summed E-state index contributed by atoms with van der Waals surface area (Å²) in [6, 6.07) is 20.8. The van der Waals surface area contributed by atoms with Crippen molar-refractivity contribution in [3.8, 4) is 11.5 Å². The Balaban J connectivity index is 1.45. The predicted octanol–water partition coefficient (Wildman–Crippen LogP) is 5.06. The monoisotopic (exact) mass is 422 g/mol. The second-order valence-electron chi connectivity index (χ2n) is 6.75. The van der Waals surface area contributed by atoms with Crippen molar-refractivity contribution in [2.24, 2.45) is 5.10 Å². The molecule has 3 aromatic carbocycles. The molecule has 0 saturated heterocycles. The smallest absolute Gasteiger partial charge is 0.277 e. The molecule has 0 aliphatic carbocycles. The number of carbonyl (C=O) groups excluding carboxylic acids is 1. The van der Waals surface area contributed by atoms with E-state index in [4.69, 9.17) is 21.1 Å². The minimum atomic E-state index is -0.325. The summed E-state index contributed by atoms with van der Waals surface area (Å²) in [7, 11) is 0. The fourth-order valence-electron chi connectivity index (χ4n) is 2.80. The van der Waals surface area contributed by atoms with Gasteiger partial charge in [-0.3, -0.25) is 4.79 Å². The van der Waals surface area contributed by atoms with Crippen LogP contribution in [-0.2, 0) is 11.4 Å². The van der Waals surface area contributed by atoms with Crippen molar-refractivity contribution in [3.63, 3.8) is 0 Å². The molecule has 154 valence electrons. The van der Waals surface area contributed by atoms with Crippen LogP contribution in [0.15, 0.2) is 71.8 Å². The normalized spacial score (nSPS) is 10.8. The Bertz CT molecular complexity index is 1010. The number of rotatable bonds is 8. The number of para-hydroxylation sites is 1. The summed E-state index contributed by atoms with van der Waals surface area (Å²) in [4.78, 5) is 12.0. The molecular formula is C24H23ClN2O3. The molecule has 1 amide bonds. The number of carbonyl (C=O) groups is 1. The maximum absolute atomic E-state index is 12.0. The first kappa shape index (κ1) is 21.4. The number of halogens is 1. The molecule has 0 saturated carbocycles. The van der Waals surface area contributed by atoms with Gasteiger partial charge in [0.15, 0.2) is 6.61 Å². The van der Waals surface area contributed by atoms with E-state index in [1.807, 2.05) is 80.6 Å². The second-order valence-corrected chi connectivity index (χ2v) is 7.16. The van der Waals surface area contributed by atoms with Crippen molar-refractivity contribution in [3.05, 3.63) is 94.0 Å². The van der Waals surface area contributed by atoms with E-state index >= 15 is 0 Å². The van der Waals surface area contributed by atoms with E-state index in [1.165, 1.54) is 0 Å². The molecule has 6 heteroatoms. The molecule has 0 fully saturated rings. The topological polar surface area (TPSA) is 59.9 Å². The average Bonchev–Trinajstić information content (AvgIpc) is 2.74. The summed E-state index contributed by atoms with van der Waals surface area (Å²) in [5, 5.41) is 4.65. The molecule has 3 rings (SSSR count). The number of benzene rings is 3. The lowest BCUT2D eigenvalue weighted by Crippen LogP contribution is -2.25. The van der Waals surface area contributed by atoms with Crippen LogP contribution in [-0.4, -0.2) is 18.7 Å². The van der Waals surface area contributed by atoms with E-state index in [1.54, 1.807) is 6.21 Å². The van der Waals surface area contributed by atoms with Gasteiger partial charge in [0.25, 0.3) is 5.91 Å². The van der Waals surface area contributed by atoms with Gasteiger partial charge in [0, 0.05) is 10.6 Å². The lowest BCUT2D eigenvalue weighted by molar-refractivity contribution is -0.123. The van der Waals surface area contributed by atoms with Crippen LogP contribution in [0.25, 0.3) is 0 Å². The summed E-state index contributed by atoms with van der Waals surface area (Å²) in [6.45, 7) is 4.18. The summed E-state index contributed by atoms with van der Waals surface area (Å²) in [5.74, 6) is 1.12. The molecule has 0 bridgehead atoms. The van der Waals surface area contributed by atoms with Crippen molar-refractivity contribution in [1.82, 2.24) is 5.43 Å². The van der Waals surface area contributed by atoms with Gasteiger partial charge < -0.3 is 9.47 Å². The third-order valence-electron chi connectivity index (χ3n) is 4.39. The van der Waals surface area contributed by atoms with Crippen LogP contribution in [0, 0.1) is 13.8 Å². The first-order valence-electron chi connectivity index (χ1n) is 9.50. The molecule has 0 unspecified atom stereocenters. The standard InChI is InChI=1S/C24H23ClN2O3/c1-17-6-5-7-18(2)24(17)30-16-23(28)27-26-14-19-10-12-21(13-11-19)29-15-20-8-3-4-9-22(20)25/h3-14H,15-16H2,1-2H3,(H,27,28)/b26-14-. The summed E-state index contributed by atoms with van der Waals surface area (Å²) < 4.78 is 11.4. The van der Waals surface area contributed by atoms with Gasteiger partial charge in [-0.1, -0.05) is 48.0 Å². The molecule has 1 N–H and O–H groups in total. The quantitative estimate of drug-likeness (QED) is 0.407. The van der Waals surface area contributed by atoms with Gasteiger partial charge >= 0.3 is 0 Å². The zero-order valence-corrected chi connectivity index (χ0v) is 17.6. The van der Waals surface area contributed by atoms with E-state index in [0.29, 0.717) is 11.6 Å². The predicted molar refractivity (Wildman–Crippen MR) is 119 cm³/mol. The Labute approximate surface area is 181 Å². The molecule has 0 spiro atoms. The van der Waals surface area contributed by atoms with Crippen LogP contribution >= 0.6 is 11.6 Å². The Morgan fingerprint density at radius 2 is 1.67 bits per heavy atom. The SMILES string of the molecule is Cc1cccc(C)c1OCC(=O)N/N=C\c1ccc(OCc2ccccc2Cl)cc1. The van der Waals surface area contributed by atoms with E-state index in [2.05, 4.69) is 10.5 Å². The number of nitrogens with one attached hydrogen (secondary N) is 1. The lowest BCUT2D eigenvalue weighted by atomic mass is 10.1. The van der Waals surface area contributed by atoms with Gasteiger partial charge in [-0.15, -0.1) is 0 Å². The molecule has 0 atom stereocenters. The van der Waals surface area contributed by atoms with Crippen LogP contribution in [0.2, 0.25) is 5.02 Å². The average molecular weight is 423 g/mol. The van der Waals surface area contributed by atoms with Gasteiger partial charge in [0.1, 0.15) is 18.1 Å². The molecule has 0 radical (unpaired) electrons. The van der Waals surface area contributed by atoms with Gasteiger partial charge in [0.05, 0.1) is 6.21 Å².